The Bertz CT molecular complexity index is 444. The Morgan fingerprint density at radius 3 is 2.32 bits per heavy atom. The maximum absolute atomic E-state index is 12.6. The van der Waals surface area contributed by atoms with Crippen LogP contribution in [0.25, 0.3) is 0 Å². The molecular weight excluding hydrogens is 342 g/mol. The molecule has 0 heterocycles. The number of rotatable bonds is 3. The maximum Gasteiger partial charge on any atom is 0.220 e. The number of alkyl halides is 1. The van der Waals surface area contributed by atoms with E-state index >= 15 is 0 Å². The number of aliphatic hydroxyl groups excluding tert-OH is 1. The molecule has 5 aliphatic rings. The van der Waals surface area contributed by atoms with Crippen molar-refractivity contribution in [3.8, 4) is 0 Å². The summed E-state index contributed by atoms with van der Waals surface area (Å²) in [7, 11) is 0. The highest BCUT2D eigenvalue weighted by Gasteiger charge is 2.57. The zero-order valence-corrected chi connectivity index (χ0v) is 14.9. The molecule has 3 nitrogen and oxygen atoms in total. The van der Waals surface area contributed by atoms with Gasteiger partial charge in [-0.1, -0.05) is 15.9 Å². The summed E-state index contributed by atoms with van der Waals surface area (Å²) in [4.78, 5) is 12.6. The summed E-state index contributed by atoms with van der Waals surface area (Å²) in [5.74, 6) is 1.95. The lowest BCUT2D eigenvalue weighted by molar-refractivity contribution is -0.129. The molecule has 0 radical (unpaired) electrons. The number of carbonyl (C=O) groups excluding carboxylic acids is 1. The van der Waals surface area contributed by atoms with Gasteiger partial charge >= 0.3 is 0 Å². The number of amides is 1. The molecule has 5 aliphatic carbocycles. The van der Waals surface area contributed by atoms with Crippen LogP contribution < -0.4 is 5.32 Å². The lowest BCUT2D eigenvalue weighted by Gasteiger charge is -2.60. The molecule has 4 heteroatoms. The maximum atomic E-state index is 12.6. The molecule has 5 saturated carbocycles. The van der Waals surface area contributed by atoms with E-state index in [1.165, 1.54) is 38.5 Å². The molecule has 22 heavy (non-hydrogen) atoms. The molecule has 5 fully saturated rings. The van der Waals surface area contributed by atoms with E-state index in [4.69, 9.17) is 0 Å². The summed E-state index contributed by atoms with van der Waals surface area (Å²) < 4.78 is 0.340. The van der Waals surface area contributed by atoms with Gasteiger partial charge in [-0.25, -0.2) is 0 Å². The van der Waals surface area contributed by atoms with Gasteiger partial charge in [0.25, 0.3) is 0 Å². The summed E-state index contributed by atoms with van der Waals surface area (Å²) in [5, 5.41) is 12.8. The molecule has 2 N–H and O–H groups in total. The van der Waals surface area contributed by atoms with E-state index in [9.17, 15) is 9.90 Å². The van der Waals surface area contributed by atoms with Crippen molar-refractivity contribution in [2.24, 2.45) is 17.3 Å². The third-order valence-corrected chi connectivity index (χ3v) is 7.64. The van der Waals surface area contributed by atoms with Crippen LogP contribution in [0.1, 0.15) is 70.6 Å². The van der Waals surface area contributed by atoms with Crippen molar-refractivity contribution in [1.29, 1.82) is 0 Å². The van der Waals surface area contributed by atoms with Gasteiger partial charge in [0, 0.05) is 16.8 Å². The van der Waals surface area contributed by atoms with Gasteiger partial charge in [-0.05, 0) is 81.5 Å². The fourth-order valence-electron chi connectivity index (χ4n) is 6.38. The smallest absolute Gasteiger partial charge is 0.220 e. The van der Waals surface area contributed by atoms with E-state index in [1.54, 1.807) is 0 Å². The Morgan fingerprint density at radius 2 is 1.73 bits per heavy atom. The van der Waals surface area contributed by atoms with Crippen LogP contribution in [0.5, 0.6) is 0 Å². The standard InChI is InChI=1S/C18H28BrNO2/c19-18-8-12-5-13(9-18)7-17(6-12,11-18)10-16(22)20-14-1-3-15(21)4-2-14/h12-15,21H,1-11H2,(H,20,22). The minimum atomic E-state index is -0.149. The molecule has 1 amide bonds. The Hall–Kier alpha value is -0.0900. The quantitative estimate of drug-likeness (QED) is 0.747. The average Bonchev–Trinajstić information content (AvgIpc) is 2.37. The predicted molar refractivity (Wildman–Crippen MR) is 89.8 cm³/mol. The molecule has 4 bridgehead atoms. The zero-order valence-electron chi connectivity index (χ0n) is 13.3. The molecule has 124 valence electrons. The number of aliphatic hydroxyl groups is 1. The highest BCUT2D eigenvalue weighted by atomic mass is 79.9. The third kappa shape index (κ3) is 2.98. The van der Waals surface area contributed by atoms with E-state index in [2.05, 4.69) is 21.2 Å². The Balaban J connectivity index is 1.37. The topological polar surface area (TPSA) is 49.3 Å². The van der Waals surface area contributed by atoms with Crippen LogP contribution in [-0.4, -0.2) is 27.5 Å². The fourth-order valence-corrected chi connectivity index (χ4v) is 7.89. The second-order valence-corrected chi connectivity index (χ2v) is 10.5. The lowest BCUT2D eigenvalue weighted by Crippen LogP contribution is -2.54. The number of nitrogens with one attached hydrogen (secondary N) is 1. The minimum absolute atomic E-state index is 0.149. The first-order valence-electron chi connectivity index (χ1n) is 9.10. The predicted octanol–water partition coefficient (Wildman–Crippen LogP) is 3.53. The SMILES string of the molecule is O=C(CC12CC3CC(CC(Br)(C3)C1)C2)NC1CCC(O)CC1. The van der Waals surface area contributed by atoms with Gasteiger partial charge in [-0.3, -0.25) is 4.79 Å². The summed E-state index contributed by atoms with van der Waals surface area (Å²) in [5.41, 5.74) is 0.270. The fraction of sp³-hybridized carbons (Fsp3) is 0.944. The minimum Gasteiger partial charge on any atom is -0.393 e. The molecule has 0 aromatic rings. The van der Waals surface area contributed by atoms with Crippen molar-refractivity contribution in [1.82, 2.24) is 5.32 Å². The highest BCUT2D eigenvalue weighted by Crippen LogP contribution is 2.65. The van der Waals surface area contributed by atoms with Crippen LogP contribution in [0.4, 0.5) is 0 Å². The van der Waals surface area contributed by atoms with Crippen molar-refractivity contribution in [3.05, 3.63) is 0 Å². The van der Waals surface area contributed by atoms with Gasteiger partial charge < -0.3 is 10.4 Å². The van der Waals surface area contributed by atoms with Gasteiger partial charge in [-0.2, -0.15) is 0 Å². The molecule has 5 rings (SSSR count). The van der Waals surface area contributed by atoms with Crippen LogP contribution in [0.3, 0.4) is 0 Å². The van der Waals surface area contributed by atoms with Crippen molar-refractivity contribution in [2.45, 2.75) is 87.1 Å². The molecule has 0 aromatic heterocycles. The number of hydrogen-bond donors (Lipinski definition) is 2. The molecule has 2 unspecified atom stereocenters. The normalized spacial score (nSPS) is 50.1. The largest absolute Gasteiger partial charge is 0.393 e. The first-order valence-corrected chi connectivity index (χ1v) is 9.89. The molecular formula is C18H28BrNO2. The molecule has 2 atom stereocenters. The van der Waals surface area contributed by atoms with Gasteiger partial charge in [0.1, 0.15) is 0 Å². The average molecular weight is 370 g/mol. The Morgan fingerprint density at radius 1 is 1.09 bits per heavy atom. The van der Waals surface area contributed by atoms with Crippen LogP contribution in [-0.2, 0) is 4.79 Å². The van der Waals surface area contributed by atoms with Gasteiger partial charge in [0.15, 0.2) is 0 Å². The van der Waals surface area contributed by atoms with Crippen molar-refractivity contribution in [3.63, 3.8) is 0 Å². The third-order valence-electron chi connectivity index (χ3n) is 6.71. The van der Waals surface area contributed by atoms with E-state index < -0.39 is 0 Å². The monoisotopic (exact) mass is 369 g/mol. The van der Waals surface area contributed by atoms with Crippen LogP contribution >= 0.6 is 15.9 Å². The lowest BCUT2D eigenvalue weighted by atomic mass is 9.48. The van der Waals surface area contributed by atoms with Crippen LogP contribution in [0.15, 0.2) is 0 Å². The summed E-state index contributed by atoms with van der Waals surface area (Å²) in [6.45, 7) is 0. The van der Waals surface area contributed by atoms with Crippen molar-refractivity contribution in [2.75, 3.05) is 0 Å². The van der Waals surface area contributed by atoms with Gasteiger partial charge in [-0.15, -0.1) is 0 Å². The van der Waals surface area contributed by atoms with Crippen LogP contribution in [0, 0.1) is 17.3 Å². The van der Waals surface area contributed by atoms with Crippen molar-refractivity contribution < 1.29 is 9.90 Å². The molecule has 0 aliphatic heterocycles. The highest BCUT2D eigenvalue weighted by molar-refractivity contribution is 9.10. The number of halogens is 1. The summed E-state index contributed by atoms with van der Waals surface area (Å²) in [6.07, 6.45) is 11.9. The Kier molecular flexibility index (Phi) is 3.84. The second-order valence-electron chi connectivity index (χ2n) is 8.86. The second kappa shape index (κ2) is 5.47. The van der Waals surface area contributed by atoms with Gasteiger partial charge in [0.05, 0.1) is 6.10 Å². The first kappa shape index (κ1) is 15.4. The Labute approximate surface area is 141 Å². The summed E-state index contributed by atoms with van der Waals surface area (Å²) >= 11 is 4.03. The molecule has 0 spiro atoms. The number of carbonyl (C=O) groups is 1. The van der Waals surface area contributed by atoms with Crippen LogP contribution in [0.2, 0.25) is 0 Å². The number of hydrogen-bond acceptors (Lipinski definition) is 2. The van der Waals surface area contributed by atoms with E-state index in [0.717, 1.165) is 43.9 Å². The summed E-state index contributed by atoms with van der Waals surface area (Å²) in [6, 6.07) is 0.294. The molecule has 0 aromatic carbocycles. The van der Waals surface area contributed by atoms with E-state index in [1.807, 2.05) is 0 Å². The van der Waals surface area contributed by atoms with Gasteiger partial charge in [0.2, 0.25) is 5.91 Å². The zero-order chi connectivity index (χ0) is 15.4. The van der Waals surface area contributed by atoms with E-state index in [0.29, 0.717) is 10.4 Å². The first-order chi connectivity index (χ1) is 10.4. The molecule has 0 saturated heterocycles. The van der Waals surface area contributed by atoms with Crippen molar-refractivity contribution >= 4 is 21.8 Å². The van der Waals surface area contributed by atoms with E-state index in [-0.39, 0.29) is 17.4 Å².